The number of hydrogen-bond acceptors (Lipinski definition) is 1. The van der Waals surface area contributed by atoms with Gasteiger partial charge in [0, 0.05) is 0 Å². The van der Waals surface area contributed by atoms with Crippen molar-refractivity contribution in [1.82, 2.24) is 0 Å². The second-order valence-corrected chi connectivity index (χ2v) is 6.98. The summed E-state index contributed by atoms with van der Waals surface area (Å²) in [5, 5.41) is 8.99. The van der Waals surface area contributed by atoms with Crippen molar-refractivity contribution in [2.75, 3.05) is 0 Å². The summed E-state index contributed by atoms with van der Waals surface area (Å²) in [5.74, 6) is -0.400. The van der Waals surface area contributed by atoms with E-state index < -0.39 is 5.97 Å². The molecule has 0 amide bonds. The van der Waals surface area contributed by atoms with Gasteiger partial charge in [-0.15, -0.1) is 0 Å². The van der Waals surface area contributed by atoms with Crippen LogP contribution in [0.25, 0.3) is 0 Å². The number of rotatable bonds is 3. The summed E-state index contributed by atoms with van der Waals surface area (Å²) in [6.07, 6.45) is 1.76. The summed E-state index contributed by atoms with van der Waals surface area (Å²) in [6, 6.07) is 4.53. The molecule has 1 N–H and O–H groups in total. The summed E-state index contributed by atoms with van der Waals surface area (Å²) >= 11 is 0. The van der Waals surface area contributed by atoms with Gasteiger partial charge in [0.05, 0.1) is 5.92 Å². The molecule has 1 aliphatic carbocycles. The second-order valence-electron chi connectivity index (χ2n) is 6.98. The monoisotopic (exact) mass is 260 g/mol. The van der Waals surface area contributed by atoms with Crippen molar-refractivity contribution in [3.05, 3.63) is 34.4 Å². The number of hydrogen-bond donors (Lipinski definition) is 1. The fourth-order valence-corrected chi connectivity index (χ4v) is 2.79. The summed E-state index contributed by atoms with van der Waals surface area (Å²) in [6.45, 7) is 11.0. The first-order valence-electron chi connectivity index (χ1n) is 7.03. The van der Waals surface area contributed by atoms with E-state index in [9.17, 15) is 4.79 Å². The van der Waals surface area contributed by atoms with E-state index in [2.05, 4.69) is 46.8 Å². The van der Waals surface area contributed by atoms with Crippen molar-refractivity contribution < 1.29 is 9.90 Å². The third kappa shape index (κ3) is 2.99. The number of carbonyl (C=O) groups is 1. The van der Waals surface area contributed by atoms with Crippen LogP contribution in [0.1, 0.15) is 49.4 Å². The Bertz CT molecular complexity index is 485. The van der Waals surface area contributed by atoms with Gasteiger partial charge in [0.15, 0.2) is 0 Å². The topological polar surface area (TPSA) is 37.3 Å². The molecule has 0 bridgehead atoms. The first-order valence-corrected chi connectivity index (χ1v) is 7.03. The van der Waals surface area contributed by atoms with E-state index in [0.29, 0.717) is 5.92 Å². The van der Waals surface area contributed by atoms with Gasteiger partial charge in [0.1, 0.15) is 0 Å². The summed E-state index contributed by atoms with van der Waals surface area (Å²) in [7, 11) is 0. The Morgan fingerprint density at radius 2 is 1.79 bits per heavy atom. The molecule has 1 fully saturated rings. The molecule has 0 aliphatic heterocycles. The predicted molar refractivity (Wildman–Crippen MR) is 77.6 cm³/mol. The summed E-state index contributed by atoms with van der Waals surface area (Å²) in [4.78, 5) is 10.9. The van der Waals surface area contributed by atoms with Crippen molar-refractivity contribution in [2.45, 2.75) is 52.9 Å². The number of carboxylic acids is 1. The van der Waals surface area contributed by atoms with Gasteiger partial charge < -0.3 is 5.11 Å². The molecule has 1 saturated carbocycles. The standard InChI is InChI=1S/C17H24O2/c1-10-6-13(17(3,4)5)7-11(2)14(10)8-12-9-15(12)16(18)19/h6-7,12,15H,8-9H2,1-5H3,(H,18,19). The Morgan fingerprint density at radius 1 is 1.26 bits per heavy atom. The van der Waals surface area contributed by atoms with Crippen molar-refractivity contribution in [2.24, 2.45) is 11.8 Å². The van der Waals surface area contributed by atoms with Crippen LogP contribution in [0, 0.1) is 25.7 Å². The van der Waals surface area contributed by atoms with Crippen LogP contribution in [0.3, 0.4) is 0 Å². The maximum Gasteiger partial charge on any atom is 0.306 e. The number of benzene rings is 1. The Morgan fingerprint density at radius 3 is 2.16 bits per heavy atom. The zero-order valence-corrected chi connectivity index (χ0v) is 12.6. The first-order chi connectivity index (χ1) is 8.70. The highest BCUT2D eigenvalue weighted by molar-refractivity contribution is 5.73. The van der Waals surface area contributed by atoms with Crippen LogP contribution < -0.4 is 0 Å². The van der Waals surface area contributed by atoms with Crippen LogP contribution in [-0.4, -0.2) is 11.1 Å². The Balaban J connectivity index is 2.21. The lowest BCUT2D eigenvalue weighted by molar-refractivity contribution is -0.138. The molecule has 1 aromatic rings. The van der Waals surface area contributed by atoms with E-state index in [0.717, 1.165) is 12.8 Å². The van der Waals surface area contributed by atoms with Gasteiger partial charge in [-0.3, -0.25) is 4.79 Å². The Hall–Kier alpha value is -1.31. The highest BCUT2D eigenvalue weighted by atomic mass is 16.4. The van der Waals surface area contributed by atoms with Crippen LogP contribution in [0.2, 0.25) is 0 Å². The molecule has 0 spiro atoms. The van der Waals surface area contributed by atoms with Crippen molar-refractivity contribution in [3.63, 3.8) is 0 Å². The van der Waals surface area contributed by atoms with E-state index in [-0.39, 0.29) is 11.3 Å². The normalized spacial score (nSPS) is 22.4. The maximum atomic E-state index is 10.9. The average molecular weight is 260 g/mol. The minimum atomic E-state index is -0.633. The van der Waals surface area contributed by atoms with Crippen LogP contribution >= 0.6 is 0 Å². The van der Waals surface area contributed by atoms with Gasteiger partial charge in [0.2, 0.25) is 0 Å². The van der Waals surface area contributed by atoms with Gasteiger partial charge in [0.25, 0.3) is 0 Å². The zero-order valence-electron chi connectivity index (χ0n) is 12.6. The SMILES string of the molecule is Cc1cc(C(C)(C)C)cc(C)c1CC1CC1C(=O)O. The second kappa shape index (κ2) is 4.66. The maximum absolute atomic E-state index is 10.9. The fourth-order valence-electron chi connectivity index (χ4n) is 2.79. The molecule has 19 heavy (non-hydrogen) atoms. The van der Waals surface area contributed by atoms with E-state index in [1.54, 1.807) is 0 Å². The lowest BCUT2D eigenvalue weighted by atomic mass is 9.83. The molecular weight excluding hydrogens is 236 g/mol. The van der Waals surface area contributed by atoms with E-state index >= 15 is 0 Å². The lowest BCUT2D eigenvalue weighted by Crippen LogP contribution is -2.13. The number of carboxylic acid groups (broad SMARTS) is 1. The van der Waals surface area contributed by atoms with E-state index in [1.165, 1.54) is 22.3 Å². The smallest absolute Gasteiger partial charge is 0.306 e. The minimum absolute atomic E-state index is 0.110. The fraction of sp³-hybridized carbons (Fsp3) is 0.588. The van der Waals surface area contributed by atoms with Crippen molar-refractivity contribution in [3.8, 4) is 0 Å². The molecule has 2 nitrogen and oxygen atoms in total. The average Bonchev–Trinajstić information content (AvgIpc) is 3.01. The summed E-state index contributed by atoms with van der Waals surface area (Å²) < 4.78 is 0. The molecule has 104 valence electrons. The molecular formula is C17H24O2. The number of aryl methyl sites for hydroxylation is 2. The molecule has 0 aromatic heterocycles. The lowest BCUT2D eigenvalue weighted by Gasteiger charge is -2.22. The van der Waals surface area contributed by atoms with Gasteiger partial charge >= 0.3 is 5.97 Å². The molecule has 2 heteroatoms. The number of aliphatic carboxylic acids is 1. The molecule has 2 rings (SSSR count). The zero-order chi connectivity index (χ0) is 14.4. The van der Waals surface area contributed by atoms with E-state index in [4.69, 9.17) is 5.11 Å². The first kappa shape index (κ1) is 14.1. The molecule has 1 aliphatic rings. The molecule has 0 heterocycles. The van der Waals surface area contributed by atoms with Gasteiger partial charge in [-0.2, -0.15) is 0 Å². The summed E-state index contributed by atoms with van der Waals surface area (Å²) in [5.41, 5.74) is 5.48. The Kier molecular flexibility index (Phi) is 3.46. The molecule has 2 atom stereocenters. The third-order valence-corrected chi connectivity index (χ3v) is 4.27. The quantitative estimate of drug-likeness (QED) is 0.896. The minimum Gasteiger partial charge on any atom is -0.481 e. The van der Waals surface area contributed by atoms with Gasteiger partial charge in [-0.1, -0.05) is 32.9 Å². The third-order valence-electron chi connectivity index (χ3n) is 4.27. The van der Waals surface area contributed by atoms with E-state index in [1.807, 2.05) is 0 Å². The molecule has 2 unspecified atom stereocenters. The van der Waals surface area contributed by atoms with Crippen LogP contribution in [0.4, 0.5) is 0 Å². The van der Waals surface area contributed by atoms with Crippen molar-refractivity contribution in [1.29, 1.82) is 0 Å². The van der Waals surface area contributed by atoms with Gasteiger partial charge in [-0.25, -0.2) is 0 Å². The van der Waals surface area contributed by atoms with Crippen molar-refractivity contribution >= 4 is 5.97 Å². The van der Waals surface area contributed by atoms with Gasteiger partial charge in [-0.05, 0) is 60.3 Å². The van der Waals surface area contributed by atoms with Crippen LogP contribution in [-0.2, 0) is 16.6 Å². The highest BCUT2D eigenvalue weighted by Gasteiger charge is 2.43. The molecule has 0 saturated heterocycles. The predicted octanol–water partition coefficient (Wildman–Crippen LogP) is 3.86. The Labute approximate surface area is 115 Å². The largest absolute Gasteiger partial charge is 0.481 e. The highest BCUT2D eigenvalue weighted by Crippen LogP contribution is 2.42. The van der Waals surface area contributed by atoms with Crippen LogP contribution in [0.5, 0.6) is 0 Å². The molecule has 1 aromatic carbocycles. The van der Waals surface area contributed by atoms with Crippen LogP contribution in [0.15, 0.2) is 12.1 Å². The molecule has 0 radical (unpaired) electrons.